The Morgan fingerprint density at radius 3 is 2.50 bits per heavy atom. The summed E-state index contributed by atoms with van der Waals surface area (Å²) in [7, 11) is 0. The number of aldehydes is 1. The van der Waals surface area contributed by atoms with E-state index < -0.39 is 0 Å². The summed E-state index contributed by atoms with van der Waals surface area (Å²) in [6.45, 7) is 0.743. The molecule has 3 heteroatoms. The van der Waals surface area contributed by atoms with Gasteiger partial charge in [-0.2, -0.15) is 0 Å². The lowest BCUT2D eigenvalue weighted by molar-refractivity contribution is -0.123. The normalized spacial score (nSPS) is 23.6. The Morgan fingerprint density at radius 2 is 2.10 bits per heavy atom. The zero-order valence-electron chi connectivity index (χ0n) is 5.12. The first kappa shape index (κ1) is 9.14. The van der Waals surface area contributed by atoms with Crippen molar-refractivity contribution in [3.63, 3.8) is 0 Å². The fourth-order valence-electron chi connectivity index (χ4n) is 1.09. The highest BCUT2D eigenvalue weighted by Crippen LogP contribution is 2.11. The van der Waals surface area contributed by atoms with Gasteiger partial charge in [-0.3, -0.25) is 4.79 Å². The Hall–Kier alpha value is -0.860. The summed E-state index contributed by atoms with van der Waals surface area (Å²) in [5.74, 6) is 0. The van der Waals surface area contributed by atoms with Crippen molar-refractivity contribution in [1.82, 2.24) is 4.90 Å². The van der Waals surface area contributed by atoms with Crippen LogP contribution >= 0.6 is 0 Å². The van der Waals surface area contributed by atoms with Crippen molar-refractivity contribution in [3.05, 3.63) is 0 Å². The van der Waals surface area contributed by atoms with Crippen LogP contribution in [-0.2, 0) is 9.59 Å². The molecule has 0 aromatic rings. The van der Waals surface area contributed by atoms with Crippen LogP contribution in [0.5, 0.6) is 0 Å². The van der Waals surface area contributed by atoms with Gasteiger partial charge in [0.05, 0.1) is 6.04 Å². The van der Waals surface area contributed by atoms with Gasteiger partial charge in [0.15, 0.2) is 0 Å². The lowest BCUT2D eigenvalue weighted by Crippen LogP contribution is -2.28. The summed E-state index contributed by atoms with van der Waals surface area (Å²) in [6.07, 6.45) is 3.37. The van der Waals surface area contributed by atoms with Gasteiger partial charge in [0.25, 0.3) is 0 Å². The Kier molecular flexibility index (Phi) is 3.69. The Bertz CT molecular complexity index is 111. The minimum absolute atomic E-state index is 0. The highest BCUT2D eigenvalue weighted by molar-refractivity contribution is 5.64. The van der Waals surface area contributed by atoms with Crippen molar-refractivity contribution in [3.8, 4) is 0 Å². The molecule has 0 aromatic heterocycles. The van der Waals surface area contributed by atoms with E-state index in [1.165, 1.54) is 4.90 Å². The summed E-state index contributed by atoms with van der Waals surface area (Å²) in [5, 5.41) is 0. The molecule has 0 aliphatic carbocycles. The van der Waals surface area contributed by atoms with Crippen LogP contribution in [0.25, 0.3) is 0 Å². The predicted molar refractivity (Wildman–Crippen MR) is 38.6 cm³/mol. The van der Waals surface area contributed by atoms with E-state index in [1.807, 2.05) is 0 Å². The first-order chi connectivity index (χ1) is 4.38. The summed E-state index contributed by atoms with van der Waals surface area (Å²) >= 11 is 0. The van der Waals surface area contributed by atoms with Crippen molar-refractivity contribution in [2.45, 2.75) is 26.3 Å². The molecule has 1 unspecified atom stereocenters. The van der Waals surface area contributed by atoms with E-state index in [-0.39, 0.29) is 13.5 Å². The van der Waals surface area contributed by atoms with E-state index in [2.05, 4.69) is 0 Å². The Morgan fingerprint density at radius 1 is 1.40 bits per heavy atom. The van der Waals surface area contributed by atoms with E-state index in [9.17, 15) is 9.59 Å². The SMILES string of the molecule is C.O=CC1CCCN1C=O. The molecule has 0 spiro atoms. The van der Waals surface area contributed by atoms with Crippen molar-refractivity contribution >= 4 is 12.7 Å². The van der Waals surface area contributed by atoms with Crippen LogP contribution in [0, 0.1) is 0 Å². The number of nitrogens with zero attached hydrogens (tertiary/aromatic N) is 1. The highest BCUT2D eigenvalue weighted by Gasteiger charge is 2.21. The Labute approximate surface area is 61.0 Å². The van der Waals surface area contributed by atoms with Crippen molar-refractivity contribution in [2.75, 3.05) is 6.54 Å². The lowest BCUT2D eigenvalue weighted by atomic mass is 10.2. The standard InChI is InChI=1S/C6H9NO2.CH4/c8-4-6-2-1-3-7(6)5-9;/h4-6H,1-3H2;1H4. The van der Waals surface area contributed by atoms with Gasteiger partial charge in [-0.15, -0.1) is 0 Å². The van der Waals surface area contributed by atoms with Gasteiger partial charge in [-0.25, -0.2) is 0 Å². The Balaban J connectivity index is 0.000000810. The number of hydrogen-bond acceptors (Lipinski definition) is 2. The van der Waals surface area contributed by atoms with Gasteiger partial charge in [0, 0.05) is 6.54 Å². The van der Waals surface area contributed by atoms with Gasteiger partial charge in [0.1, 0.15) is 6.29 Å². The third-order valence-electron chi connectivity index (χ3n) is 1.63. The molecule has 1 heterocycles. The van der Waals surface area contributed by atoms with Gasteiger partial charge < -0.3 is 9.69 Å². The summed E-state index contributed by atoms with van der Waals surface area (Å²) in [6, 6.07) is -0.137. The van der Waals surface area contributed by atoms with Gasteiger partial charge in [-0.05, 0) is 12.8 Å². The second kappa shape index (κ2) is 4.04. The molecule has 1 aliphatic heterocycles. The van der Waals surface area contributed by atoms with Gasteiger partial charge >= 0.3 is 0 Å². The molecule has 0 aromatic carbocycles. The molecule has 1 atom stereocenters. The molecule has 1 saturated heterocycles. The molecule has 1 amide bonds. The maximum absolute atomic E-state index is 10.2. The number of carbonyl (C=O) groups is 2. The molecule has 0 bridgehead atoms. The molecule has 1 aliphatic rings. The fraction of sp³-hybridized carbons (Fsp3) is 0.714. The van der Waals surface area contributed by atoms with E-state index in [1.54, 1.807) is 0 Å². The maximum atomic E-state index is 10.2. The average molecular weight is 143 g/mol. The van der Waals surface area contributed by atoms with Crippen LogP contribution < -0.4 is 0 Å². The van der Waals surface area contributed by atoms with Crippen LogP contribution in [0.4, 0.5) is 0 Å². The lowest BCUT2D eigenvalue weighted by Gasteiger charge is -2.11. The summed E-state index contributed by atoms with van der Waals surface area (Å²) < 4.78 is 0. The minimum Gasteiger partial charge on any atom is -0.336 e. The third-order valence-corrected chi connectivity index (χ3v) is 1.63. The van der Waals surface area contributed by atoms with E-state index >= 15 is 0 Å². The second-order valence-electron chi connectivity index (χ2n) is 2.19. The number of likely N-dealkylation sites (tertiary alicyclic amines) is 1. The minimum atomic E-state index is -0.137. The van der Waals surface area contributed by atoms with E-state index in [4.69, 9.17) is 0 Å². The third kappa shape index (κ3) is 1.56. The predicted octanol–water partition coefficient (Wildman–Crippen LogP) is 0.442. The first-order valence-corrected chi connectivity index (χ1v) is 3.05. The van der Waals surface area contributed by atoms with Crippen LogP contribution in [0.2, 0.25) is 0 Å². The maximum Gasteiger partial charge on any atom is 0.210 e. The van der Waals surface area contributed by atoms with Crippen molar-refractivity contribution in [1.29, 1.82) is 0 Å². The topological polar surface area (TPSA) is 37.4 Å². The zero-order chi connectivity index (χ0) is 6.69. The summed E-state index contributed by atoms with van der Waals surface area (Å²) in [4.78, 5) is 21.9. The van der Waals surface area contributed by atoms with Crippen LogP contribution in [-0.4, -0.2) is 30.2 Å². The molecule has 1 fully saturated rings. The number of hydrogen-bond donors (Lipinski definition) is 0. The smallest absolute Gasteiger partial charge is 0.210 e. The van der Waals surface area contributed by atoms with Crippen molar-refractivity contribution < 1.29 is 9.59 Å². The number of amides is 1. The molecular formula is C7H13NO2. The largest absolute Gasteiger partial charge is 0.336 e. The zero-order valence-corrected chi connectivity index (χ0v) is 5.12. The molecule has 0 radical (unpaired) electrons. The second-order valence-corrected chi connectivity index (χ2v) is 2.19. The molecule has 3 nitrogen and oxygen atoms in total. The van der Waals surface area contributed by atoms with E-state index in [0.717, 1.165) is 32.1 Å². The first-order valence-electron chi connectivity index (χ1n) is 3.05. The monoisotopic (exact) mass is 143 g/mol. The van der Waals surface area contributed by atoms with Crippen LogP contribution in [0.1, 0.15) is 20.3 Å². The number of carbonyl (C=O) groups excluding carboxylic acids is 2. The van der Waals surface area contributed by atoms with Crippen molar-refractivity contribution in [2.24, 2.45) is 0 Å². The van der Waals surface area contributed by atoms with Crippen LogP contribution in [0.3, 0.4) is 0 Å². The molecule has 1 rings (SSSR count). The average Bonchev–Trinajstić information content (AvgIpc) is 2.33. The highest BCUT2D eigenvalue weighted by atomic mass is 16.1. The number of rotatable bonds is 2. The van der Waals surface area contributed by atoms with Gasteiger partial charge in [0.2, 0.25) is 6.41 Å². The molecule has 0 N–H and O–H groups in total. The molecule has 58 valence electrons. The van der Waals surface area contributed by atoms with E-state index in [0.29, 0.717) is 0 Å². The van der Waals surface area contributed by atoms with Gasteiger partial charge in [-0.1, -0.05) is 7.43 Å². The quantitative estimate of drug-likeness (QED) is 0.526. The summed E-state index contributed by atoms with van der Waals surface area (Å²) in [5.41, 5.74) is 0. The molecular weight excluding hydrogens is 130 g/mol. The fourth-order valence-corrected chi connectivity index (χ4v) is 1.09. The molecule has 10 heavy (non-hydrogen) atoms. The van der Waals surface area contributed by atoms with Crippen LogP contribution in [0.15, 0.2) is 0 Å². The molecule has 0 saturated carbocycles.